The fourth-order valence-corrected chi connectivity index (χ4v) is 3.10. The first-order chi connectivity index (χ1) is 16.5. The fourth-order valence-electron chi connectivity index (χ4n) is 3.10. The first-order valence-corrected chi connectivity index (χ1v) is 10.9. The van der Waals surface area contributed by atoms with Crippen LogP contribution in [0, 0.1) is 18.3 Å². The van der Waals surface area contributed by atoms with Crippen molar-refractivity contribution < 1.29 is 19.0 Å². The number of hydrogen-bond acceptors (Lipinski definition) is 6. The highest BCUT2D eigenvalue weighted by molar-refractivity contribution is 5.85. The van der Waals surface area contributed by atoms with Gasteiger partial charge in [-0.25, -0.2) is 5.43 Å². The molecule has 0 aromatic heterocycles. The minimum absolute atomic E-state index is 0.242. The number of ether oxygens (including phenoxy) is 3. The Kier molecular flexibility index (Phi) is 8.64. The Morgan fingerprint density at radius 3 is 2.59 bits per heavy atom. The lowest BCUT2D eigenvalue weighted by Crippen LogP contribution is -2.33. The molecular weight excluding hydrogens is 430 g/mol. The number of hydrazone groups is 1. The van der Waals surface area contributed by atoms with Gasteiger partial charge >= 0.3 is 0 Å². The van der Waals surface area contributed by atoms with Gasteiger partial charge in [-0.2, -0.15) is 10.4 Å². The third-order valence-corrected chi connectivity index (χ3v) is 4.94. The standard InChI is InChI=1S/C27H27N3O4/c1-4-32-26-15-21(13-14-25(26)33-18-23-11-7-6-10-22(23)16-28)17-29-30-27(31)20(3)34-24-12-8-5-9-19(24)2/h5-15,17,20H,4,18H2,1-3H3,(H,30,31). The van der Waals surface area contributed by atoms with Crippen molar-refractivity contribution in [2.24, 2.45) is 5.10 Å². The summed E-state index contributed by atoms with van der Waals surface area (Å²) in [5, 5.41) is 13.3. The molecule has 7 nitrogen and oxygen atoms in total. The van der Waals surface area contributed by atoms with Gasteiger partial charge in [-0.3, -0.25) is 4.79 Å². The van der Waals surface area contributed by atoms with Crippen LogP contribution in [0.4, 0.5) is 0 Å². The Labute approximate surface area is 199 Å². The van der Waals surface area contributed by atoms with Gasteiger partial charge in [0.25, 0.3) is 5.91 Å². The van der Waals surface area contributed by atoms with E-state index in [1.807, 2.05) is 56.3 Å². The number of carbonyl (C=O) groups is 1. The molecule has 34 heavy (non-hydrogen) atoms. The third kappa shape index (κ3) is 6.59. The Morgan fingerprint density at radius 1 is 1.06 bits per heavy atom. The lowest BCUT2D eigenvalue weighted by atomic mass is 10.1. The van der Waals surface area contributed by atoms with E-state index in [-0.39, 0.29) is 12.5 Å². The molecule has 3 rings (SSSR count). The topological polar surface area (TPSA) is 92.9 Å². The minimum atomic E-state index is -0.704. The average molecular weight is 458 g/mol. The number of amides is 1. The van der Waals surface area contributed by atoms with Crippen molar-refractivity contribution in [3.8, 4) is 23.3 Å². The van der Waals surface area contributed by atoms with Crippen LogP contribution >= 0.6 is 0 Å². The summed E-state index contributed by atoms with van der Waals surface area (Å²) in [4.78, 5) is 12.3. The van der Waals surface area contributed by atoms with Gasteiger partial charge in [0.05, 0.1) is 24.5 Å². The Morgan fingerprint density at radius 2 is 1.82 bits per heavy atom. The highest BCUT2D eigenvalue weighted by atomic mass is 16.5. The van der Waals surface area contributed by atoms with E-state index in [1.54, 1.807) is 31.2 Å². The zero-order valence-corrected chi connectivity index (χ0v) is 19.4. The van der Waals surface area contributed by atoms with Crippen molar-refractivity contribution in [2.45, 2.75) is 33.5 Å². The molecule has 0 saturated carbocycles. The Bertz CT molecular complexity index is 1200. The molecule has 1 unspecified atom stereocenters. The number of hydrogen-bond donors (Lipinski definition) is 1. The van der Waals surface area contributed by atoms with Crippen LogP contribution in [0.15, 0.2) is 71.8 Å². The smallest absolute Gasteiger partial charge is 0.280 e. The first-order valence-electron chi connectivity index (χ1n) is 10.9. The molecule has 0 spiro atoms. The summed E-state index contributed by atoms with van der Waals surface area (Å²) in [5.41, 5.74) is 5.54. The Hall–Kier alpha value is -4.31. The second kappa shape index (κ2) is 12.1. The van der Waals surface area contributed by atoms with Gasteiger partial charge in [-0.15, -0.1) is 0 Å². The van der Waals surface area contributed by atoms with Gasteiger partial charge in [0, 0.05) is 5.56 Å². The average Bonchev–Trinajstić information content (AvgIpc) is 2.85. The summed E-state index contributed by atoms with van der Waals surface area (Å²) in [6.07, 6.45) is 0.819. The number of nitrogens with one attached hydrogen (secondary N) is 1. The van der Waals surface area contributed by atoms with E-state index < -0.39 is 6.10 Å². The van der Waals surface area contributed by atoms with Crippen LogP contribution in [0.3, 0.4) is 0 Å². The van der Waals surface area contributed by atoms with Gasteiger partial charge in [0.15, 0.2) is 17.6 Å². The van der Waals surface area contributed by atoms with Crippen LogP contribution in [0.2, 0.25) is 0 Å². The monoisotopic (exact) mass is 457 g/mol. The van der Waals surface area contributed by atoms with Gasteiger partial charge in [0.2, 0.25) is 0 Å². The zero-order chi connectivity index (χ0) is 24.3. The van der Waals surface area contributed by atoms with Crippen LogP contribution in [0.25, 0.3) is 0 Å². The quantitative estimate of drug-likeness (QED) is 0.350. The number of carbonyl (C=O) groups excluding carboxylic acids is 1. The van der Waals surface area contributed by atoms with E-state index >= 15 is 0 Å². The molecular formula is C27H27N3O4. The molecule has 3 aromatic rings. The number of para-hydroxylation sites is 1. The van der Waals surface area contributed by atoms with Crippen molar-refractivity contribution in [3.05, 3.63) is 89.0 Å². The second-order valence-corrected chi connectivity index (χ2v) is 7.46. The van der Waals surface area contributed by atoms with Crippen molar-refractivity contribution in [1.29, 1.82) is 5.26 Å². The normalized spacial score (nSPS) is 11.5. The first kappa shape index (κ1) is 24.3. The number of nitrogens with zero attached hydrogens (tertiary/aromatic N) is 2. The highest BCUT2D eigenvalue weighted by Gasteiger charge is 2.15. The number of aryl methyl sites for hydroxylation is 1. The lowest BCUT2D eigenvalue weighted by Gasteiger charge is -2.14. The maximum Gasteiger partial charge on any atom is 0.280 e. The largest absolute Gasteiger partial charge is 0.490 e. The molecule has 1 amide bonds. The molecule has 0 radical (unpaired) electrons. The molecule has 0 heterocycles. The van der Waals surface area contributed by atoms with Crippen molar-refractivity contribution in [3.63, 3.8) is 0 Å². The summed E-state index contributed by atoms with van der Waals surface area (Å²) in [6, 6.07) is 22.3. The molecule has 0 bridgehead atoms. The van der Waals surface area contributed by atoms with Crippen LogP contribution in [-0.4, -0.2) is 24.8 Å². The second-order valence-electron chi connectivity index (χ2n) is 7.46. The summed E-state index contributed by atoms with van der Waals surface area (Å²) < 4.78 is 17.3. The molecule has 0 fully saturated rings. The lowest BCUT2D eigenvalue weighted by molar-refractivity contribution is -0.127. The predicted octanol–water partition coefficient (Wildman–Crippen LogP) is 4.76. The van der Waals surface area contributed by atoms with Gasteiger partial charge in [0.1, 0.15) is 12.4 Å². The molecule has 3 aromatic carbocycles. The minimum Gasteiger partial charge on any atom is -0.490 e. The molecule has 7 heteroatoms. The molecule has 0 saturated heterocycles. The SMILES string of the molecule is CCOc1cc(C=NNC(=O)C(C)Oc2ccccc2C)ccc1OCc1ccccc1C#N. The van der Waals surface area contributed by atoms with Crippen LogP contribution in [0.1, 0.15) is 36.1 Å². The van der Waals surface area contributed by atoms with E-state index in [0.29, 0.717) is 29.4 Å². The van der Waals surface area contributed by atoms with E-state index in [9.17, 15) is 10.1 Å². The maximum absolute atomic E-state index is 12.3. The number of rotatable bonds is 10. The third-order valence-electron chi connectivity index (χ3n) is 4.94. The molecule has 0 aliphatic rings. The van der Waals surface area contributed by atoms with Crippen molar-refractivity contribution in [1.82, 2.24) is 5.43 Å². The van der Waals surface area contributed by atoms with E-state index in [2.05, 4.69) is 16.6 Å². The van der Waals surface area contributed by atoms with Crippen LogP contribution < -0.4 is 19.6 Å². The summed E-state index contributed by atoms with van der Waals surface area (Å²) in [5.74, 6) is 1.39. The van der Waals surface area contributed by atoms with Crippen molar-refractivity contribution >= 4 is 12.1 Å². The summed E-state index contributed by atoms with van der Waals surface area (Å²) in [6.45, 7) is 6.17. The van der Waals surface area contributed by atoms with Gasteiger partial charge in [-0.05, 0) is 62.2 Å². The maximum atomic E-state index is 12.3. The highest BCUT2D eigenvalue weighted by Crippen LogP contribution is 2.29. The van der Waals surface area contributed by atoms with Gasteiger partial charge < -0.3 is 14.2 Å². The molecule has 1 N–H and O–H groups in total. The molecule has 1 atom stereocenters. The van der Waals surface area contributed by atoms with Crippen LogP contribution in [0.5, 0.6) is 17.2 Å². The van der Waals surface area contributed by atoms with Crippen LogP contribution in [-0.2, 0) is 11.4 Å². The Balaban J connectivity index is 1.62. The van der Waals surface area contributed by atoms with E-state index in [1.165, 1.54) is 6.21 Å². The molecule has 0 aliphatic heterocycles. The number of benzene rings is 3. The zero-order valence-electron chi connectivity index (χ0n) is 19.4. The number of nitriles is 1. The van der Waals surface area contributed by atoms with Gasteiger partial charge in [-0.1, -0.05) is 36.4 Å². The summed E-state index contributed by atoms with van der Waals surface area (Å²) >= 11 is 0. The fraction of sp³-hybridized carbons (Fsp3) is 0.222. The van der Waals surface area contributed by atoms with E-state index in [0.717, 1.165) is 16.7 Å². The van der Waals surface area contributed by atoms with E-state index in [4.69, 9.17) is 14.2 Å². The molecule has 174 valence electrons. The predicted molar refractivity (Wildman–Crippen MR) is 130 cm³/mol. The molecule has 0 aliphatic carbocycles. The van der Waals surface area contributed by atoms with Crippen molar-refractivity contribution in [2.75, 3.05) is 6.61 Å². The summed E-state index contributed by atoms with van der Waals surface area (Å²) in [7, 11) is 0.